The number of aromatic carboxylic acids is 1. The Balaban J connectivity index is 0.000000259. The van der Waals surface area contributed by atoms with Crippen LogP contribution in [0, 0.1) is 13.8 Å². The fourth-order valence-corrected chi connectivity index (χ4v) is 7.51. The van der Waals surface area contributed by atoms with Gasteiger partial charge in [0.1, 0.15) is 5.60 Å². The Hall–Kier alpha value is -4.42. The van der Waals surface area contributed by atoms with Gasteiger partial charge in [-0.3, -0.25) is 9.59 Å². The van der Waals surface area contributed by atoms with Crippen molar-refractivity contribution in [1.29, 1.82) is 0 Å². The fourth-order valence-electron chi connectivity index (χ4n) is 4.50. The monoisotopic (exact) mass is 714 g/mol. The summed E-state index contributed by atoms with van der Waals surface area (Å²) in [7, 11) is -8.10. The first-order valence-corrected chi connectivity index (χ1v) is 19.0. The lowest BCUT2D eigenvalue weighted by molar-refractivity contribution is -0.0503. The van der Waals surface area contributed by atoms with Crippen LogP contribution < -0.4 is 0 Å². The van der Waals surface area contributed by atoms with Crippen molar-refractivity contribution in [3.05, 3.63) is 70.3 Å². The average molecular weight is 715 g/mol. The van der Waals surface area contributed by atoms with Gasteiger partial charge in [0.2, 0.25) is 8.32 Å². The lowest BCUT2D eigenvalue weighted by Gasteiger charge is -2.19. The number of esters is 1. The number of Topliss-reactive ketones (excluding diaryl/α,β-unsaturated/α-hetero) is 2. The van der Waals surface area contributed by atoms with E-state index < -0.39 is 41.5 Å². The molecule has 4 aromatic rings. The highest BCUT2D eigenvalue weighted by atomic mass is 32.2. The highest BCUT2D eigenvalue weighted by Crippen LogP contribution is 2.28. The second kappa shape index (κ2) is 14.4. The number of carbonyl (C=O) groups excluding carboxylic acids is 3. The Kier molecular flexibility index (Phi) is 11.9. The SMILES string of the molecule is CC(=O)c1c(C)c(C(=O)O)n2ncccc12.CC(=O)c1c(C)c(C(=O)OC(C)(C)C)n2ncccc12.C[Si](C)(C)OS(=O)(=O)C(F)(F)F. The van der Waals surface area contributed by atoms with Crippen molar-refractivity contribution in [2.24, 2.45) is 0 Å². The van der Waals surface area contributed by atoms with E-state index in [-0.39, 0.29) is 17.3 Å². The van der Waals surface area contributed by atoms with E-state index in [4.69, 9.17) is 9.84 Å². The highest BCUT2D eigenvalue weighted by Gasteiger charge is 2.49. The number of carbonyl (C=O) groups is 4. The summed E-state index contributed by atoms with van der Waals surface area (Å²) in [4.78, 5) is 46.7. The normalized spacial score (nSPS) is 12.1. The molecule has 18 heteroatoms. The minimum Gasteiger partial charge on any atom is -0.477 e. The molecule has 0 amide bonds. The number of rotatable bonds is 6. The van der Waals surface area contributed by atoms with Crippen LogP contribution >= 0.6 is 0 Å². The summed E-state index contributed by atoms with van der Waals surface area (Å²) in [5, 5.41) is 17.2. The van der Waals surface area contributed by atoms with E-state index in [2.05, 4.69) is 14.1 Å². The van der Waals surface area contributed by atoms with Gasteiger partial charge in [0.25, 0.3) is 0 Å². The zero-order chi connectivity index (χ0) is 37.2. The molecule has 0 saturated carbocycles. The predicted molar refractivity (Wildman–Crippen MR) is 171 cm³/mol. The minimum atomic E-state index is -5.39. The highest BCUT2D eigenvalue weighted by molar-refractivity contribution is 7.88. The van der Waals surface area contributed by atoms with Crippen LogP contribution in [0.15, 0.2) is 36.7 Å². The molecule has 0 spiro atoms. The number of alkyl halides is 3. The molecule has 0 aromatic carbocycles. The second-order valence-corrected chi connectivity index (χ2v) is 18.6. The van der Waals surface area contributed by atoms with Crippen molar-refractivity contribution >= 4 is 53.0 Å². The number of halogens is 3. The molecule has 4 rings (SSSR count). The second-order valence-electron chi connectivity index (χ2n) is 12.4. The molecule has 13 nitrogen and oxygen atoms in total. The van der Waals surface area contributed by atoms with Crippen molar-refractivity contribution in [2.75, 3.05) is 0 Å². The zero-order valence-corrected chi connectivity index (χ0v) is 29.8. The maximum atomic E-state index is 12.3. The molecule has 0 fully saturated rings. The fraction of sp³-hybridized carbons (Fsp3) is 0.400. The van der Waals surface area contributed by atoms with Crippen LogP contribution in [0.5, 0.6) is 0 Å². The van der Waals surface area contributed by atoms with Crippen LogP contribution in [0.1, 0.15) is 87.4 Å². The van der Waals surface area contributed by atoms with Gasteiger partial charge in [0.15, 0.2) is 23.0 Å². The third kappa shape index (κ3) is 9.35. The van der Waals surface area contributed by atoms with E-state index in [1.54, 1.807) is 65.1 Å². The minimum absolute atomic E-state index is 0.0424. The van der Waals surface area contributed by atoms with E-state index in [0.717, 1.165) is 0 Å². The van der Waals surface area contributed by atoms with E-state index in [1.807, 2.05) is 0 Å². The molecular formula is C30H37F3N4O9SSi. The zero-order valence-electron chi connectivity index (χ0n) is 28.0. The number of ether oxygens (including phenoxy) is 1. The summed E-state index contributed by atoms with van der Waals surface area (Å²) in [6, 6.07) is 6.86. The van der Waals surface area contributed by atoms with Crippen molar-refractivity contribution in [2.45, 2.75) is 79.2 Å². The van der Waals surface area contributed by atoms with E-state index in [9.17, 15) is 40.8 Å². The molecule has 0 bridgehead atoms. The van der Waals surface area contributed by atoms with Crippen LogP contribution in [0.3, 0.4) is 0 Å². The van der Waals surface area contributed by atoms with Crippen LogP contribution in [-0.2, 0) is 18.7 Å². The number of ketones is 2. The number of nitrogens with zero attached hydrogens (tertiary/aromatic N) is 4. The predicted octanol–water partition coefficient (Wildman–Crippen LogP) is 6.03. The van der Waals surface area contributed by atoms with Crippen molar-refractivity contribution in [3.63, 3.8) is 0 Å². The number of hydrogen-bond acceptors (Lipinski definition) is 10. The number of carboxylic acid groups (broad SMARTS) is 1. The molecule has 0 atom stereocenters. The molecular weight excluding hydrogens is 677 g/mol. The molecule has 0 aliphatic carbocycles. The number of fused-ring (bicyclic) bond motifs is 2. The van der Waals surface area contributed by atoms with Gasteiger partial charge in [-0.25, -0.2) is 18.6 Å². The van der Waals surface area contributed by atoms with Gasteiger partial charge in [0, 0.05) is 23.5 Å². The van der Waals surface area contributed by atoms with Gasteiger partial charge in [-0.1, -0.05) is 0 Å². The van der Waals surface area contributed by atoms with Gasteiger partial charge < -0.3 is 13.7 Å². The molecule has 0 aliphatic rings. The first-order chi connectivity index (χ1) is 21.7. The first kappa shape index (κ1) is 39.8. The summed E-state index contributed by atoms with van der Waals surface area (Å²) in [6.45, 7) is 15.7. The molecule has 1 N–H and O–H groups in total. The lowest BCUT2D eigenvalue weighted by Crippen LogP contribution is -2.36. The quantitative estimate of drug-likeness (QED) is 0.107. The van der Waals surface area contributed by atoms with E-state index in [1.165, 1.54) is 48.7 Å². The Bertz CT molecular complexity index is 1940. The summed E-state index contributed by atoms with van der Waals surface area (Å²) >= 11 is 0. The first-order valence-electron chi connectivity index (χ1n) is 14.1. The Morgan fingerprint density at radius 2 is 1.21 bits per heavy atom. The van der Waals surface area contributed by atoms with E-state index in [0.29, 0.717) is 39.0 Å². The van der Waals surface area contributed by atoms with Gasteiger partial charge in [-0.2, -0.15) is 31.8 Å². The topological polar surface area (TPSA) is 176 Å². The lowest BCUT2D eigenvalue weighted by atomic mass is 10.1. The summed E-state index contributed by atoms with van der Waals surface area (Å²) in [5.74, 6) is -1.81. The van der Waals surface area contributed by atoms with Crippen LogP contribution in [0.2, 0.25) is 19.6 Å². The summed E-state index contributed by atoms with van der Waals surface area (Å²) in [5.41, 5.74) is -2.41. The largest absolute Gasteiger partial charge is 0.522 e. The molecule has 0 radical (unpaired) electrons. The van der Waals surface area contributed by atoms with Gasteiger partial charge in [-0.15, -0.1) is 0 Å². The molecule has 0 saturated heterocycles. The van der Waals surface area contributed by atoms with Crippen molar-refractivity contribution in [1.82, 2.24) is 19.2 Å². The van der Waals surface area contributed by atoms with Crippen LogP contribution in [0.25, 0.3) is 11.0 Å². The Morgan fingerprint density at radius 3 is 1.52 bits per heavy atom. The summed E-state index contributed by atoms with van der Waals surface area (Å²) in [6.07, 6.45) is 3.06. The van der Waals surface area contributed by atoms with Crippen molar-refractivity contribution in [3.8, 4) is 0 Å². The van der Waals surface area contributed by atoms with Crippen molar-refractivity contribution < 1.29 is 54.5 Å². The van der Waals surface area contributed by atoms with Gasteiger partial charge in [-0.05, 0) is 103 Å². The van der Waals surface area contributed by atoms with Gasteiger partial charge >= 0.3 is 27.6 Å². The molecule has 0 unspecified atom stereocenters. The maximum Gasteiger partial charge on any atom is 0.522 e. The Labute approximate surface area is 275 Å². The molecule has 0 aliphatic heterocycles. The standard InChI is InChI=1S/C15H18N2O3.C11H10N2O3.C4H9F3O3SSi/c1-9-12(10(2)18)11-7-6-8-16-17(11)13(9)14(19)20-15(3,4)5;1-6-9(7(2)14)8-4-3-5-12-13(8)10(6)11(15)16;1-12(2,3)10-11(8,9)4(5,6)7/h6-8H,1-5H3;3-5H,1-2H3,(H,15,16);1-3H3. The van der Waals surface area contributed by atoms with Crippen LogP contribution in [-0.4, -0.2) is 75.7 Å². The number of aromatic nitrogens is 4. The third-order valence-electron chi connectivity index (χ3n) is 6.04. The summed E-state index contributed by atoms with van der Waals surface area (Å²) < 4.78 is 67.9. The Morgan fingerprint density at radius 1 is 0.812 bits per heavy atom. The number of hydrogen-bond donors (Lipinski definition) is 1. The smallest absolute Gasteiger partial charge is 0.477 e. The molecule has 48 heavy (non-hydrogen) atoms. The third-order valence-corrected chi connectivity index (χ3v) is 9.48. The molecule has 4 heterocycles. The van der Waals surface area contributed by atoms with Gasteiger partial charge in [0.05, 0.1) is 11.0 Å². The molecule has 262 valence electrons. The average Bonchev–Trinajstić information content (AvgIpc) is 3.36. The van der Waals surface area contributed by atoms with Crippen LogP contribution in [0.4, 0.5) is 13.2 Å². The number of carboxylic acids is 1. The molecule has 4 aromatic heterocycles. The van der Waals surface area contributed by atoms with E-state index >= 15 is 0 Å². The maximum absolute atomic E-state index is 12.3.